The van der Waals surface area contributed by atoms with Gasteiger partial charge in [-0.3, -0.25) is 0 Å². The van der Waals surface area contributed by atoms with Crippen LogP contribution in [0.15, 0.2) is 0 Å². The fourth-order valence-electron chi connectivity index (χ4n) is 1.67. The molecule has 0 aromatic heterocycles. The van der Waals surface area contributed by atoms with E-state index in [0.29, 0.717) is 0 Å². The van der Waals surface area contributed by atoms with E-state index in [1.165, 1.54) is 12.8 Å². The Hall–Kier alpha value is 0.350. The van der Waals surface area contributed by atoms with Crippen LogP contribution in [0.5, 0.6) is 0 Å². The Morgan fingerprint density at radius 2 is 1.08 bits per heavy atom. The number of hydrogen-bond donors (Lipinski definition) is 0. The lowest BCUT2D eigenvalue weighted by Crippen LogP contribution is -2.19. The van der Waals surface area contributed by atoms with Crippen LogP contribution in [0.2, 0.25) is 0 Å². The first-order valence-electron chi connectivity index (χ1n) is 5.68. The van der Waals surface area contributed by atoms with Crippen molar-refractivity contribution >= 4 is 11.8 Å². The van der Waals surface area contributed by atoms with Gasteiger partial charge in [-0.2, -0.15) is 11.8 Å². The molecule has 0 N–H and O–H groups in total. The zero-order valence-electron chi connectivity index (χ0n) is 10.1. The van der Waals surface area contributed by atoms with Crippen LogP contribution < -0.4 is 0 Å². The smallest absolute Gasteiger partial charge is 0.00703 e. The summed E-state index contributed by atoms with van der Waals surface area (Å²) in [6.07, 6.45) is 2.62. The third-order valence-electron chi connectivity index (χ3n) is 2.64. The molecule has 0 nitrogen and oxygen atoms in total. The highest BCUT2D eigenvalue weighted by molar-refractivity contribution is 8.00. The fraction of sp³-hybridized carbons (Fsp3) is 1.00. The minimum atomic E-state index is 0.822. The van der Waals surface area contributed by atoms with E-state index in [9.17, 15) is 0 Å². The van der Waals surface area contributed by atoms with Gasteiger partial charge in [0.1, 0.15) is 0 Å². The molecule has 0 aliphatic carbocycles. The van der Waals surface area contributed by atoms with Crippen molar-refractivity contribution in [2.24, 2.45) is 11.8 Å². The van der Waals surface area contributed by atoms with Crippen molar-refractivity contribution < 1.29 is 0 Å². The molecule has 0 aliphatic rings. The first kappa shape index (κ1) is 13.4. The van der Waals surface area contributed by atoms with Gasteiger partial charge in [-0.1, -0.05) is 41.5 Å². The predicted molar refractivity (Wildman–Crippen MR) is 65.4 cm³/mol. The van der Waals surface area contributed by atoms with Crippen molar-refractivity contribution in [3.05, 3.63) is 0 Å². The first-order valence-corrected chi connectivity index (χ1v) is 6.62. The van der Waals surface area contributed by atoms with Gasteiger partial charge >= 0.3 is 0 Å². The lowest BCUT2D eigenvalue weighted by molar-refractivity contribution is 0.561. The van der Waals surface area contributed by atoms with E-state index in [0.717, 1.165) is 22.3 Å². The van der Waals surface area contributed by atoms with Crippen molar-refractivity contribution in [2.75, 3.05) is 0 Å². The minimum absolute atomic E-state index is 0.822. The molecule has 1 heteroatoms. The summed E-state index contributed by atoms with van der Waals surface area (Å²) in [5.41, 5.74) is 0. The quantitative estimate of drug-likeness (QED) is 0.607. The molecule has 0 amide bonds. The summed E-state index contributed by atoms with van der Waals surface area (Å²) >= 11 is 2.21. The standard InChI is InChI=1S/C12H26S/c1-7-11(9(3)4)13-12(8-2)10(5)6/h9-12H,7-8H2,1-6H3. The van der Waals surface area contributed by atoms with E-state index in [2.05, 4.69) is 53.3 Å². The van der Waals surface area contributed by atoms with Gasteiger partial charge in [0.25, 0.3) is 0 Å². The van der Waals surface area contributed by atoms with Crippen molar-refractivity contribution in [3.63, 3.8) is 0 Å². The first-order chi connectivity index (χ1) is 6.02. The Balaban J connectivity index is 4.03. The topological polar surface area (TPSA) is 0 Å². The summed E-state index contributed by atoms with van der Waals surface area (Å²) in [5.74, 6) is 1.64. The summed E-state index contributed by atoms with van der Waals surface area (Å²) in [6.45, 7) is 14.0. The van der Waals surface area contributed by atoms with E-state index in [1.807, 2.05) is 0 Å². The molecule has 0 fully saturated rings. The van der Waals surface area contributed by atoms with E-state index < -0.39 is 0 Å². The van der Waals surface area contributed by atoms with Crippen molar-refractivity contribution in [3.8, 4) is 0 Å². The zero-order valence-corrected chi connectivity index (χ0v) is 10.9. The van der Waals surface area contributed by atoms with Crippen LogP contribution in [0.3, 0.4) is 0 Å². The Morgan fingerprint density at radius 3 is 1.23 bits per heavy atom. The molecule has 0 spiro atoms. The van der Waals surface area contributed by atoms with Gasteiger partial charge in [-0.25, -0.2) is 0 Å². The summed E-state index contributed by atoms with van der Waals surface area (Å²) in [6, 6.07) is 0. The molecule has 0 heterocycles. The molecule has 0 radical (unpaired) electrons. The Labute approximate surface area is 88.9 Å². The van der Waals surface area contributed by atoms with Gasteiger partial charge in [0.05, 0.1) is 0 Å². The molecule has 13 heavy (non-hydrogen) atoms. The van der Waals surface area contributed by atoms with Crippen molar-refractivity contribution in [2.45, 2.75) is 64.9 Å². The Bertz CT molecular complexity index is 104. The minimum Gasteiger partial charge on any atom is -0.155 e. The van der Waals surface area contributed by atoms with Crippen LogP contribution in [-0.4, -0.2) is 10.5 Å². The third-order valence-corrected chi connectivity index (χ3v) is 5.10. The maximum Gasteiger partial charge on any atom is 0.00703 e. The molecule has 2 unspecified atom stereocenters. The normalized spacial score (nSPS) is 16.6. The average Bonchev–Trinajstić information content (AvgIpc) is 2.05. The number of hydrogen-bond acceptors (Lipinski definition) is 1. The molecule has 0 aromatic carbocycles. The lowest BCUT2D eigenvalue weighted by Gasteiger charge is -2.26. The zero-order chi connectivity index (χ0) is 10.4. The molecular weight excluding hydrogens is 176 g/mol. The molecule has 80 valence electrons. The third kappa shape index (κ3) is 4.95. The van der Waals surface area contributed by atoms with Gasteiger partial charge in [0.2, 0.25) is 0 Å². The highest BCUT2D eigenvalue weighted by Gasteiger charge is 2.19. The molecule has 0 rings (SSSR count). The molecule has 0 saturated heterocycles. The van der Waals surface area contributed by atoms with Gasteiger partial charge in [-0.05, 0) is 24.7 Å². The average molecular weight is 202 g/mol. The van der Waals surface area contributed by atoms with Gasteiger partial charge in [0, 0.05) is 10.5 Å². The van der Waals surface area contributed by atoms with Crippen molar-refractivity contribution in [1.82, 2.24) is 0 Å². The highest BCUT2D eigenvalue weighted by Crippen LogP contribution is 2.32. The lowest BCUT2D eigenvalue weighted by atomic mass is 10.1. The van der Waals surface area contributed by atoms with E-state index in [4.69, 9.17) is 0 Å². The number of thioether (sulfide) groups is 1. The maximum absolute atomic E-state index is 2.34. The molecule has 0 aliphatic heterocycles. The van der Waals surface area contributed by atoms with Crippen LogP contribution in [0.25, 0.3) is 0 Å². The summed E-state index contributed by atoms with van der Waals surface area (Å²) in [4.78, 5) is 0. The largest absolute Gasteiger partial charge is 0.155 e. The SMILES string of the molecule is CCC(SC(CC)C(C)C)C(C)C. The van der Waals surface area contributed by atoms with E-state index in [1.54, 1.807) is 0 Å². The monoisotopic (exact) mass is 202 g/mol. The van der Waals surface area contributed by atoms with Crippen LogP contribution in [0, 0.1) is 11.8 Å². The Morgan fingerprint density at radius 1 is 0.769 bits per heavy atom. The molecular formula is C12H26S. The summed E-state index contributed by atoms with van der Waals surface area (Å²) in [7, 11) is 0. The molecule has 0 aromatic rings. The van der Waals surface area contributed by atoms with Crippen LogP contribution in [0.1, 0.15) is 54.4 Å². The second-order valence-electron chi connectivity index (χ2n) is 4.52. The fourth-order valence-corrected chi connectivity index (χ4v) is 3.14. The molecule has 2 atom stereocenters. The van der Waals surface area contributed by atoms with Crippen molar-refractivity contribution in [1.29, 1.82) is 0 Å². The van der Waals surface area contributed by atoms with Crippen LogP contribution in [-0.2, 0) is 0 Å². The van der Waals surface area contributed by atoms with E-state index >= 15 is 0 Å². The second kappa shape index (κ2) is 6.75. The molecule has 0 saturated carbocycles. The van der Waals surface area contributed by atoms with E-state index in [-0.39, 0.29) is 0 Å². The summed E-state index contributed by atoms with van der Waals surface area (Å²) in [5, 5.41) is 1.71. The van der Waals surface area contributed by atoms with Gasteiger partial charge < -0.3 is 0 Å². The second-order valence-corrected chi connectivity index (χ2v) is 6.00. The highest BCUT2D eigenvalue weighted by atomic mass is 32.2. The predicted octanol–water partition coefficient (Wildman–Crippen LogP) is 4.59. The maximum atomic E-state index is 2.34. The Kier molecular flexibility index (Phi) is 6.93. The van der Waals surface area contributed by atoms with Crippen LogP contribution in [0.4, 0.5) is 0 Å². The summed E-state index contributed by atoms with van der Waals surface area (Å²) < 4.78 is 0. The molecule has 0 bridgehead atoms. The number of rotatable bonds is 6. The van der Waals surface area contributed by atoms with Gasteiger partial charge in [0.15, 0.2) is 0 Å². The van der Waals surface area contributed by atoms with Crippen LogP contribution >= 0.6 is 11.8 Å². The van der Waals surface area contributed by atoms with Gasteiger partial charge in [-0.15, -0.1) is 0 Å².